The molecule has 2 saturated heterocycles. The average molecular weight is 270 g/mol. The van der Waals surface area contributed by atoms with Gasteiger partial charge in [0.15, 0.2) is 0 Å². The molecule has 0 spiro atoms. The van der Waals surface area contributed by atoms with Crippen LogP contribution in [0.25, 0.3) is 0 Å². The van der Waals surface area contributed by atoms with E-state index in [4.69, 9.17) is 19.7 Å². The van der Waals surface area contributed by atoms with Crippen molar-refractivity contribution in [3.8, 4) is 0 Å². The normalized spacial score (nSPS) is 23.9. The molecule has 0 aromatic rings. The van der Waals surface area contributed by atoms with E-state index >= 15 is 0 Å². The van der Waals surface area contributed by atoms with Gasteiger partial charge in [0.25, 0.3) is 0 Å². The maximum absolute atomic E-state index is 10.2. The first-order valence-electron chi connectivity index (χ1n) is 5.94. The Morgan fingerprint density at radius 2 is 1.74 bits per heavy atom. The minimum absolute atomic E-state index is 0.133. The summed E-state index contributed by atoms with van der Waals surface area (Å²) in [7, 11) is 0. The third-order valence-corrected chi connectivity index (χ3v) is 2.61. The number of ether oxygens (including phenoxy) is 2. The Bertz CT molecular complexity index is 390. The van der Waals surface area contributed by atoms with Crippen LogP contribution in [0.15, 0.2) is 23.8 Å². The first kappa shape index (κ1) is 15.4. The summed E-state index contributed by atoms with van der Waals surface area (Å²) in [6, 6.07) is 0. The van der Waals surface area contributed by atoms with Crippen molar-refractivity contribution in [2.45, 2.75) is 32.0 Å². The zero-order valence-corrected chi connectivity index (χ0v) is 10.8. The number of aliphatic carboxylic acids is 2. The molecule has 2 unspecified atom stereocenters. The van der Waals surface area contributed by atoms with Crippen molar-refractivity contribution in [2.24, 2.45) is 0 Å². The Hall–Kier alpha value is -1.66. The topological polar surface area (TPSA) is 99.7 Å². The minimum atomic E-state index is -0.925. The Balaban J connectivity index is 0.000000191. The lowest BCUT2D eigenvalue weighted by Crippen LogP contribution is -2.01. The fourth-order valence-corrected chi connectivity index (χ4v) is 1.15. The van der Waals surface area contributed by atoms with E-state index in [0.29, 0.717) is 18.6 Å². The fourth-order valence-electron chi connectivity index (χ4n) is 1.15. The molecule has 0 aromatic carbocycles. The van der Waals surface area contributed by atoms with Crippen LogP contribution in [0.2, 0.25) is 0 Å². The Kier molecular flexibility index (Phi) is 5.72. The molecule has 6 heteroatoms. The average Bonchev–Trinajstić information content (AvgIpc) is 3.20. The molecule has 6 nitrogen and oxygen atoms in total. The number of rotatable bonds is 6. The molecule has 2 rings (SSSR count). The number of carbonyl (C=O) groups is 2. The summed E-state index contributed by atoms with van der Waals surface area (Å²) in [6.45, 7) is 6.41. The van der Waals surface area contributed by atoms with Crippen molar-refractivity contribution in [2.75, 3.05) is 13.2 Å². The van der Waals surface area contributed by atoms with E-state index in [1.807, 2.05) is 0 Å². The maximum atomic E-state index is 10.2. The first-order chi connectivity index (χ1) is 8.90. The lowest BCUT2D eigenvalue weighted by molar-refractivity contribution is -0.133. The quantitative estimate of drug-likeness (QED) is 0.556. The summed E-state index contributed by atoms with van der Waals surface area (Å²) in [5.41, 5.74) is 0.632. The molecular formula is C13H18O6. The van der Waals surface area contributed by atoms with Gasteiger partial charge in [-0.3, -0.25) is 0 Å². The SMILES string of the molecule is C/C(=C\CC1CO1)C(=O)O.C=C(CC1CO1)C(=O)O. The predicted molar refractivity (Wildman–Crippen MR) is 66.9 cm³/mol. The largest absolute Gasteiger partial charge is 0.478 e. The monoisotopic (exact) mass is 270 g/mol. The molecule has 0 amide bonds. The highest BCUT2D eigenvalue weighted by molar-refractivity contribution is 5.86. The van der Waals surface area contributed by atoms with E-state index in [1.165, 1.54) is 0 Å². The molecule has 2 fully saturated rings. The van der Waals surface area contributed by atoms with Crippen LogP contribution in [0.5, 0.6) is 0 Å². The molecule has 19 heavy (non-hydrogen) atoms. The van der Waals surface area contributed by atoms with Crippen LogP contribution in [0, 0.1) is 0 Å². The van der Waals surface area contributed by atoms with Crippen molar-refractivity contribution >= 4 is 11.9 Å². The van der Waals surface area contributed by atoms with Gasteiger partial charge in [-0.05, 0) is 13.3 Å². The van der Waals surface area contributed by atoms with Crippen molar-refractivity contribution in [1.29, 1.82) is 0 Å². The number of epoxide rings is 2. The summed E-state index contributed by atoms with van der Waals surface area (Å²) in [5.74, 6) is -1.77. The molecule has 0 saturated carbocycles. The van der Waals surface area contributed by atoms with Crippen LogP contribution in [0.4, 0.5) is 0 Å². The molecule has 2 aliphatic heterocycles. The highest BCUT2D eigenvalue weighted by Gasteiger charge is 2.24. The first-order valence-corrected chi connectivity index (χ1v) is 5.94. The standard InChI is InChI=1S/C7H10O3.C6H8O3/c1-5(7(8)9)2-3-6-4-10-6;1-4(6(7)8)2-5-3-9-5/h2,6H,3-4H2,1H3,(H,8,9);5H,1-3H2,(H,7,8)/b5-2+;. The van der Waals surface area contributed by atoms with Crippen molar-refractivity contribution < 1.29 is 29.3 Å². The van der Waals surface area contributed by atoms with E-state index in [0.717, 1.165) is 13.0 Å². The Morgan fingerprint density at radius 1 is 1.21 bits per heavy atom. The molecule has 0 radical (unpaired) electrons. The predicted octanol–water partition coefficient (Wildman–Crippen LogP) is 1.22. The van der Waals surface area contributed by atoms with Crippen LogP contribution in [0.3, 0.4) is 0 Å². The van der Waals surface area contributed by atoms with Crippen LogP contribution in [-0.2, 0) is 19.1 Å². The molecular weight excluding hydrogens is 252 g/mol. The van der Waals surface area contributed by atoms with E-state index in [9.17, 15) is 9.59 Å². The number of carboxylic acids is 2. The van der Waals surface area contributed by atoms with E-state index in [2.05, 4.69) is 6.58 Å². The van der Waals surface area contributed by atoms with E-state index in [1.54, 1.807) is 13.0 Å². The highest BCUT2D eigenvalue weighted by atomic mass is 16.6. The highest BCUT2D eigenvalue weighted by Crippen LogP contribution is 2.17. The molecule has 2 aliphatic rings. The lowest BCUT2D eigenvalue weighted by Gasteiger charge is -1.92. The van der Waals surface area contributed by atoms with Gasteiger partial charge in [0.1, 0.15) is 0 Å². The van der Waals surface area contributed by atoms with Crippen LogP contribution in [0.1, 0.15) is 19.8 Å². The Morgan fingerprint density at radius 3 is 2.11 bits per heavy atom. The van der Waals surface area contributed by atoms with Gasteiger partial charge in [-0.25, -0.2) is 9.59 Å². The van der Waals surface area contributed by atoms with Gasteiger partial charge in [0.05, 0.1) is 25.4 Å². The van der Waals surface area contributed by atoms with Gasteiger partial charge in [0, 0.05) is 17.6 Å². The zero-order chi connectivity index (χ0) is 14.4. The zero-order valence-electron chi connectivity index (χ0n) is 10.8. The van der Waals surface area contributed by atoms with Gasteiger partial charge in [-0.15, -0.1) is 0 Å². The number of carboxylic acid groups (broad SMARTS) is 2. The third kappa shape index (κ3) is 7.38. The number of hydrogen-bond donors (Lipinski definition) is 2. The molecule has 106 valence electrons. The molecule has 0 bridgehead atoms. The summed E-state index contributed by atoms with van der Waals surface area (Å²) < 4.78 is 9.71. The lowest BCUT2D eigenvalue weighted by atomic mass is 10.2. The third-order valence-electron chi connectivity index (χ3n) is 2.61. The van der Waals surface area contributed by atoms with Crippen LogP contribution in [-0.4, -0.2) is 47.6 Å². The molecule has 2 atom stereocenters. The molecule has 0 aliphatic carbocycles. The molecule has 2 heterocycles. The minimum Gasteiger partial charge on any atom is -0.478 e. The van der Waals surface area contributed by atoms with E-state index < -0.39 is 11.9 Å². The van der Waals surface area contributed by atoms with Crippen LogP contribution < -0.4 is 0 Å². The van der Waals surface area contributed by atoms with Crippen molar-refractivity contribution in [3.63, 3.8) is 0 Å². The van der Waals surface area contributed by atoms with Crippen molar-refractivity contribution in [3.05, 3.63) is 23.8 Å². The maximum Gasteiger partial charge on any atom is 0.331 e. The number of hydrogen-bond acceptors (Lipinski definition) is 4. The second-order valence-corrected chi connectivity index (χ2v) is 4.45. The smallest absolute Gasteiger partial charge is 0.331 e. The summed E-state index contributed by atoms with van der Waals surface area (Å²) in [4.78, 5) is 20.3. The van der Waals surface area contributed by atoms with Gasteiger partial charge < -0.3 is 19.7 Å². The Labute approximate surface area is 111 Å². The second-order valence-electron chi connectivity index (χ2n) is 4.45. The second kappa shape index (κ2) is 7.06. The fraction of sp³-hybridized carbons (Fsp3) is 0.538. The van der Waals surface area contributed by atoms with Gasteiger partial charge in [0.2, 0.25) is 0 Å². The van der Waals surface area contributed by atoms with Gasteiger partial charge in [-0.1, -0.05) is 12.7 Å². The van der Waals surface area contributed by atoms with Crippen molar-refractivity contribution in [1.82, 2.24) is 0 Å². The summed E-state index contributed by atoms with van der Waals surface area (Å²) in [6.07, 6.45) is 3.32. The summed E-state index contributed by atoms with van der Waals surface area (Å²) >= 11 is 0. The molecule has 0 aromatic heterocycles. The molecule has 2 N–H and O–H groups in total. The van der Waals surface area contributed by atoms with Crippen LogP contribution >= 0.6 is 0 Å². The summed E-state index contributed by atoms with van der Waals surface area (Å²) in [5, 5.41) is 16.7. The van der Waals surface area contributed by atoms with Gasteiger partial charge in [-0.2, -0.15) is 0 Å². The van der Waals surface area contributed by atoms with E-state index in [-0.39, 0.29) is 17.8 Å². The van der Waals surface area contributed by atoms with Gasteiger partial charge >= 0.3 is 11.9 Å².